The van der Waals surface area contributed by atoms with Gasteiger partial charge in [-0.3, -0.25) is 0 Å². The van der Waals surface area contributed by atoms with Gasteiger partial charge in [0.2, 0.25) is 5.75 Å². The number of hydrogen-bond acceptors (Lipinski definition) is 4. The Bertz CT molecular complexity index is 378. The number of aromatic hydroxyl groups is 1. The van der Waals surface area contributed by atoms with Gasteiger partial charge in [0.25, 0.3) is 0 Å². The summed E-state index contributed by atoms with van der Waals surface area (Å²) in [6, 6.07) is 3.15. The van der Waals surface area contributed by atoms with Crippen molar-refractivity contribution in [1.82, 2.24) is 5.32 Å². The summed E-state index contributed by atoms with van der Waals surface area (Å²) in [6.07, 6.45) is 1.00. The zero-order chi connectivity index (χ0) is 11.5. The molecular weight excluding hydrogens is 230 g/mol. The van der Waals surface area contributed by atoms with Gasteiger partial charge in [0.05, 0.1) is 7.11 Å². The second kappa shape index (κ2) is 4.80. The van der Waals surface area contributed by atoms with Crippen LogP contribution in [0.1, 0.15) is 6.42 Å². The van der Waals surface area contributed by atoms with E-state index in [4.69, 9.17) is 21.1 Å². The van der Waals surface area contributed by atoms with Gasteiger partial charge < -0.3 is 19.9 Å². The van der Waals surface area contributed by atoms with Crippen LogP contribution in [0.15, 0.2) is 12.1 Å². The second-order valence-electron chi connectivity index (χ2n) is 3.69. The van der Waals surface area contributed by atoms with E-state index in [2.05, 4.69) is 5.32 Å². The molecule has 1 heterocycles. The van der Waals surface area contributed by atoms with Crippen molar-refractivity contribution in [2.24, 2.45) is 0 Å². The van der Waals surface area contributed by atoms with E-state index in [0.717, 1.165) is 19.5 Å². The number of rotatable bonds is 3. The first kappa shape index (κ1) is 11.4. The molecule has 1 unspecified atom stereocenters. The molecule has 1 aromatic rings. The van der Waals surface area contributed by atoms with Crippen molar-refractivity contribution >= 4 is 11.6 Å². The van der Waals surface area contributed by atoms with Crippen molar-refractivity contribution in [3.63, 3.8) is 0 Å². The Morgan fingerprint density at radius 1 is 1.44 bits per heavy atom. The van der Waals surface area contributed by atoms with Crippen LogP contribution >= 0.6 is 11.6 Å². The van der Waals surface area contributed by atoms with Gasteiger partial charge in [-0.2, -0.15) is 0 Å². The monoisotopic (exact) mass is 243 g/mol. The Morgan fingerprint density at radius 2 is 2.19 bits per heavy atom. The lowest BCUT2D eigenvalue weighted by molar-refractivity contribution is 0.211. The lowest BCUT2D eigenvalue weighted by Gasteiger charge is -2.15. The van der Waals surface area contributed by atoms with E-state index in [1.54, 1.807) is 12.1 Å². The van der Waals surface area contributed by atoms with E-state index >= 15 is 0 Å². The van der Waals surface area contributed by atoms with Crippen molar-refractivity contribution in [2.75, 3.05) is 20.2 Å². The summed E-state index contributed by atoms with van der Waals surface area (Å²) >= 11 is 5.90. The molecule has 1 aliphatic heterocycles. The largest absolute Gasteiger partial charge is 0.502 e. The minimum absolute atomic E-state index is 0.00111. The van der Waals surface area contributed by atoms with Crippen LogP contribution < -0.4 is 14.8 Å². The number of methoxy groups -OCH3 is 1. The molecule has 0 saturated carbocycles. The third-order valence-electron chi connectivity index (χ3n) is 2.53. The zero-order valence-corrected chi connectivity index (χ0v) is 9.75. The number of benzene rings is 1. The molecule has 0 spiro atoms. The Balaban J connectivity index is 2.21. The Kier molecular flexibility index (Phi) is 3.41. The van der Waals surface area contributed by atoms with Gasteiger partial charge in [-0.1, -0.05) is 11.6 Å². The van der Waals surface area contributed by atoms with Crippen LogP contribution in [0.5, 0.6) is 17.2 Å². The van der Waals surface area contributed by atoms with Gasteiger partial charge in [0.15, 0.2) is 11.5 Å². The number of nitrogens with one attached hydrogen (secondary N) is 1. The minimum Gasteiger partial charge on any atom is -0.502 e. The molecular formula is C11H14ClNO3. The van der Waals surface area contributed by atoms with Crippen LogP contribution in [0.4, 0.5) is 0 Å². The highest BCUT2D eigenvalue weighted by atomic mass is 35.5. The highest BCUT2D eigenvalue weighted by molar-refractivity contribution is 6.31. The SMILES string of the molecule is COc1cc(Cl)cc(OC2CCNC2)c1O. The maximum atomic E-state index is 9.84. The summed E-state index contributed by atoms with van der Waals surface area (Å²) in [5, 5.41) is 13.5. The van der Waals surface area contributed by atoms with E-state index in [-0.39, 0.29) is 11.9 Å². The third-order valence-corrected chi connectivity index (χ3v) is 2.75. The maximum Gasteiger partial charge on any atom is 0.200 e. The molecule has 2 rings (SSSR count). The van der Waals surface area contributed by atoms with Gasteiger partial charge in [-0.15, -0.1) is 0 Å². The van der Waals surface area contributed by atoms with Crippen LogP contribution in [-0.4, -0.2) is 31.4 Å². The molecule has 1 saturated heterocycles. The molecule has 2 N–H and O–H groups in total. The smallest absolute Gasteiger partial charge is 0.200 e. The van der Waals surface area contributed by atoms with E-state index in [9.17, 15) is 5.11 Å². The molecule has 0 amide bonds. The van der Waals surface area contributed by atoms with Crippen LogP contribution in [0, 0.1) is 0 Å². The number of phenolic OH excluding ortho intramolecular Hbond substituents is 1. The Hall–Kier alpha value is -1.13. The third kappa shape index (κ3) is 2.33. The molecule has 0 aliphatic carbocycles. The van der Waals surface area contributed by atoms with Crippen LogP contribution in [-0.2, 0) is 0 Å². The number of hydrogen-bond donors (Lipinski definition) is 2. The Morgan fingerprint density at radius 3 is 2.81 bits per heavy atom. The van der Waals surface area contributed by atoms with Gasteiger partial charge in [0.1, 0.15) is 6.10 Å². The summed E-state index contributed by atoms with van der Waals surface area (Å²) in [5.74, 6) is 0.699. The molecule has 16 heavy (non-hydrogen) atoms. The lowest BCUT2D eigenvalue weighted by Crippen LogP contribution is -2.19. The molecule has 0 aromatic heterocycles. The van der Waals surface area contributed by atoms with Crippen molar-refractivity contribution in [3.8, 4) is 17.2 Å². The predicted molar refractivity (Wildman–Crippen MR) is 61.6 cm³/mol. The average Bonchev–Trinajstić information content (AvgIpc) is 2.75. The number of phenols is 1. The molecule has 0 bridgehead atoms. The summed E-state index contributed by atoms with van der Waals surface area (Å²) in [5.41, 5.74) is 0. The fourth-order valence-electron chi connectivity index (χ4n) is 1.70. The molecule has 4 nitrogen and oxygen atoms in total. The van der Waals surface area contributed by atoms with Gasteiger partial charge >= 0.3 is 0 Å². The average molecular weight is 244 g/mol. The van der Waals surface area contributed by atoms with Crippen LogP contribution in [0.25, 0.3) is 0 Å². The first-order valence-electron chi connectivity index (χ1n) is 5.14. The highest BCUT2D eigenvalue weighted by Gasteiger charge is 2.19. The van der Waals surface area contributed by atoms with Crippen molar-refractivity contribution in [3.05, 3.63) is 17.2 Å². The van der Waals surface area contributed by atoms with Crippen LogP contribution in [0.3, 0.4) is 0 Å². The molecule has 1 aromatic carbocycles. The zero-order valence-electron chi connectivity index (χ0n) is 9.00. The second-order valence-corrected chi connectivity index (χ2v) is 4.12. The first-order valence-corrected chi connectivity index (χ1v) is 5.52. The van der Waals surface area contributed by atoms with Crippen molar-refractivity contribution < 1.29 is 14.6 Å². The minimum atomic E-state index is -0.00111. The topological polar surface area (TPSA) is 50.7 Å². The summed E-state index contributed by atoms with van der Waals surface area (Å²) in [6.45, 7) is 1.72. The predicted octanol–water partition coefficient (Wildman–Crippen LogP) is 1.79. The molecule has 1 fully saturated rings. The summed E-state index contributed by atoms with van der Waals surface area (Å²) < 4.78 is 10.7. The lowest BCUT2D eigenvalue weighted by atomic mass is 10.2. The molecule has 88 valence electrons. The Labute approximate surface area is 99.1 Å². The fourth-order valence-corrected chi connectivity index (χ4v) is 1.90. The highest BCUT2D eigenvalue weighted by Crippen LogP contribution is 2.39. The number of ether oxygens (including phenoxy) is 2. The van der Waals surface area contributed by atoms with Crippen molar-refractivity contribution in [1.29, 1.82) is 0 Å². The quantitative estimate of drug-likeness (QED) is 0.850. The summed E-state index contributed by atoms with van der Waals surface area (Å²) in [7, 11) is 1.48. The van der Waals surface area contributed by atoms with E-state index in [1.807, 2.05) is 0 Å². The van der Waals surface area contributed by atoms with Crippen LogP contribution in [0.2, 0.25) is 5.02 Å². The maximum absolute atomic E-state index is 9.84. The molecule has 5 heteroatoms. The van der Waals surface area contributed by atoms with Gasteiger partial charge in [0, 0.05) is 23.7 Å². The fraction of sp³-hybridized carbons (Fsp3) is 0.455. The summed E-state index contributed by atoms with van der Waals surface area (Å²) in [4.78, 5) is 0. The van der Waals surface area contributed by atoms with Gasteiger partial charge in [-0.25, -0.2) is 0 Å². The van der Waals surface area contributed by atoms with Gasteiger partial charge in [-0.05, 0) is 13.0 Å². The number of halogens is 1. The van der Waals surface area contributed by atoms with Crippen molar-refractivity contribution in [2.45, 2.75) is 12.5 Å². The molecule has 0 radical (unpaired) electrons. The van der Waals surface area contributed by atoms with E-state index in [0.29, 0.717) is 16.5 Å². The first-order chi connectivity index (χ1) is 7.70. The van der Waals surface area contributed by atoms with E-state index < -0.39 is 0 Å². The normalized spacial score (nSPS) is 19.8. The standard InChI is InChI=1S/C11H14ClNO3/c1-15-9-4-7(12)5-10(11(9)14)16-8-2-3-13-6-8/h4-5,8,13-14H,2-3,6H2,1H3. The molecule has 1 aliphatic rings. The van der Waals surface area contributed by atoms with E-state index in [1.165, 1.54) is 7.11 Å². The molecule has 1 atom stereocenters.